The van der Waals surface area contributed by atoms with Gasteiger partial charge in [-0.3, -0.25) is 4.79 Å². The number of amides is 1. The van der Waals surface area contributed by atoms with Crippen LogP contribution in [-0.4, -0.2) is 34.8 Å². The number of hydrogen-bond donors (Lipinski definition) is 1. The van der Waals surface area contributed by atoms with Crippen molar-refractivity contribution in [2.45, 2.75) is 44.1 Å². The molecule has 0 spiro atoms. The normalized spacial score (nSPS) is 26.9. The monoisotopic (exact) mass is 279 g/mol. The maximum Gasteiger partial charge on any atom is 0.240 e. The van der Waals surface area contributed by atoms with Gasteiger partial charge in [-0.2, -0.15) is 5.26 Å². The Balaban J connectivity index is 0.00000256. The minimum absolute atomic E-state index is 0. The van der Waals surface area contributed by atoms with E-state index in [-0.39, 0.29) is 29.6 Å². The number of nitrogens with zero attached hydrogens (tertiary/aromatic N) is 2. The van der Waals surface area contributed by atoms with Crippen LogP contribution in [0.15, 0.2) is 0 Å². The number of nitrogens with two attached hydrogens (primary N) is 1. The van der Waals surface area contributed by atoms with Crippen LogP contribution in [-0.2, 0) is 4.79 Å². The lowest BCUT2D eigenvalue weighted by Gasteiger charge is -2.26. The molecule has 0 bridgehead atoms. The quantitative estimate of drug-likeness (QED) is 0.797. The van der Waals surface area contributed by atoms with Crippen molar-refractivity contribution in [1.29, 1.82) is 5.26 Å². The highest BCUT2D eigenvalue weighted by Gasteiger charge is 2.37. The molecule has 0 unspecified atom stereocenters. The summed E-state index contributed by atoms with van der Waals surface area (Å²) in [5.41, 5.74) is 5.87. The van der Waals surface area contributed by atoms with Crippen LogP contribution in [0.3, 0.4) is 0 Å². The van der Waals surface area contributed by atoms with Gasteiger partial charge in [0.05, 0.1) is 17.5 Å². The molecule has 0 saturated carbocycles. The molecule has 0 aromatic heterocycles. The molecule has 0 aliphatic carbocycles. The molecular formula is C11H19Cl2N3O. The topological polar surface area (TPSA) is 70.1 Å². The zero-order valence-electron chi connectivity index (χ0n) is 10.1. The predicted molar refractivity (Wildman–Crippen MR) is 70.1 cm³/mol. The van der Waals surface area contributed by atoms with Crippen molar-refractivity contribution in [3.8, 4) is 6.07 Å². The van der Waals surface area contributed by atoms with Gasteiger partial charge in [0, 0.05) is 6.54 Å². The van der Waals surface area contributed by atoms with E-state index in [0.29, 0.717) is 13.0 Å². The fourth-order valence-electron chi connectivity index (χ4n) is 1.84. The fourth-order valence-corrected chi connectivity index (χ4v) is 2.16. The maximum absolute atomic E-state index is 12.1. The summed E-state index contributed by atoms with van der Waals surface area (Å²) < 4.78 is 0. The number of carbonyl (C=O) groups is 1. The van der Waals surface area contributed by atoms with E-state index in [1.807, 2.05) is 13.8 Å². The minimum Gasteiger partial charge on any atom is -0.324 e. The lowest BCUT2D eigenvalue weighted by molar-refractivity contribution is -0.133. The van der Waals surface area contributed by atoms with Crippen LogP contribution in [0.1, 0.15) is 26.7 Å². The Morgan fingerprint density at radius 2 is 2.29 bits per heavy atom. The summed E-state index contributed by atoms with van der Waals surface area (Å²) in [5.74, 6) is -0.0229. The number of likely N-dealkylation sites (tertiary alicyclic amines) is 1. The van der Waals surface area contributed by atoms with Gasteiger partial charge in [-0.05, 0) is 12.3 Å². The van der Waals surface area contributed by atoms with E-state index < -0.39 is 12.1 Å². The first-order valence-electron chi connectivity index (χ1n) is 5.61. The first kappa shape index (κ1) is 16.5. The van der Waals surface area contributed by atoms with Crippen molar-refractivity contribution in [2.75, 3.05) is 6.54 Å². The van der Waals surface area contributed by atoms with Crippen LogP contribution >= 0.6 is 24.0 Å². The van der Waals surface area contributed by atoms with E-state index in [1.165, 1.54) is 4.90 Å². The van der Waals surface area contributed by atoms with Crippen molar-refractivity contribution >= 4 is 29.9 Å². The first-order valence-corrected chi connectivity index (χ1v) is 6.04. The fraction of sp³-hybridized carbons (Fsp3) is 0.818. The Morgan fingerprint density at radius 1 is 1.71 bits per heavy atom. The molecule has 0 aromatic rings. The summed E-state index contributed by atoms with van der Waals surface area (Å²) in [5, 5.41) is 8.81. The number of carbonyl (C=O) groups excluding carboxylic acids is 1. The van der Waals surface area contributed by atoms with Gasteiger partial charge in [-0.1, -0.05) is 20.3 Å². The second-order valence-corrected chi connectivity index (χ2v) is 5.00. The number of halogens is 2. The summed E-state index contributed by atoms with van der Waals surface area (Å²) >= 11 is 5.96. The molecule has 1 aliphatic rings. The van der Waals surface area contributed by atoms with E-state index in [1.54, 1.807) is 0 Å². The molecule has 98 valence electrons. The highest BCUT2D eigenvalue weighted by atomic mass is 35.5. The second kappa shape index (κ2) is 7.05. The summed E-state index contributed by atoms with van der Waals surface area (Å²) in [6.45, 7) is 4.37. The molecule has 0 aromatic carbocycles. The summed E-state index contributed by atoms with van der Waals surface area (Å²) in [6.07, 6.45) is 1.39. The summed E-state index contributed by atoms with van der Waals surface area (Å²) in [6, 6.07) is 1.17. The highest BCUT2D eigenvalue weighted by molar-refractivity contribution is 6.21. The molecule has 4 atom stereocenters. The molecule has 1 amide bonds. The smallest absolute Gasteiger partial charge is 0.240 e. The third-order valence-corrected chi connectivity index (χ3v) is 3.54. The second-order valence-electron chi connectivity index (χ2n) is 4.38. The Morgan fingerprint density at radius 3 is 2.76 bits per heavy atom. The van der Waals surface area contributed by atoms with Crippen LogP contribution in [0.5, 0.6) is 0 Å². The predicted octanol–water partition coefficient (Wildman–Crippen LogP) is 1.51. The molecule has 0 radical (unpaired) electrons. The lowest BCUT2D eigenvalue weighted by atomic mass is 9.99. The molecule has 1 aliphatic heterocycles. The van der Waals surface area contributed by atoms with Crippen molar-refractivity contribution in [3.05, 3.63) is 0 Å². The van der Waals surface area contributed by atoms with E-state index in [9.17, 15) is 4.79 Å². The average Bonchev–Trinajstić information content (AvgIpc) is 2.67. The Kier molecular flexibility index (Phi) is 6.84. The molecule has 1 saturated heterocycles. The summed E-state index contributed by atoms with van der Waals surface area (Å²) in [4.78, 5) is 13.6. The first-order chi connectivity index (χ1) is 7.51. The Hall–Kier alpha value is -0.500. The van der Waals surface area contributed by atoms with Gasteiger partial charge in [0.1, 0.15) is 6.04 Å². The van der Waals surface area contributed by atoms with Crippen LogP contribution in [0.4, 0.5) is 0 Å². The molecule has 1 fully saturated rings. The van der Waals surface area contributed by atoms with Gasteiger partial charge in [0.25, 0.3) is 0 Å². The lowest BCUT2D eigenvalue weighted by Crippen LogP contribution is -2.48. The van der Waals surface area contributed by atoms with Gasteiger partial charge < -0.3 is 10.6 Å². The molecule has 4 nitrogen and oxygen atoms in total. The molecular weight excluding hydrogens is 261 g/mol. The number of nitriles is 1. The average molecular weight is 280 g/mol. The largest absolute Gasteiger partial charge is 0.324 e. The molecule has 2 N–H and O–H groups in total. The Bertz CT molecular complexity index is 306. The SMILES string of the molecule is CC[C@H](C)[C@H](N)C(=O)N1C[C@@H](Cl)C[C@H]1C#N.Cl. The van der Waals surface area contributed by atoms with E-state index in [0.717, 1.165) is 6.42 Å². The van der Waals surface area contributed by atoms with E-state index >= 15 is 0 Å². The van der Waals surface area contributed by atoms with Crippen LogP contribution in [0.2, 0.25) is 0 Å². The van der Waals surface area contributed by atoms with Gasteiger partial charge in [-0.25, -0.2) is 0 Å². The number of rotatable bonds is 3. The van der Waals surface area contributed by atoms with E-state index in [2.05, 4.69) is 6.07 Å². The maximum atomic E-state index is 12.1. The Labute approximate surface area is 113 Å². The zero-order chi connectivity index (χ0) is 12.3. The number of alkyl halides is 1. The molecule has 1 rings (SSSR count). The van der Waals surface area contributed by atoms with Gasteiger partial charge in [0.2, 0.25) is 5.91 Å². The van der Waals surface area contributed by atoms with Crippen molar-refractivity contribution in [2.24, 2.45) is 11.7 Å². The molecule has 6 heteroatoms. The van der Waals surface area contributed by atoms with Gasteiger partial charge in [0.15, 0.2) is 0 Å². The standard InChI is InChI=1S/C11H18ClN3O.ClH/c1-3-7(2)10(14)11(16)15-6-8(12)4-9(15)5-13;/h7-10H,3-4,6,14H2,1-2H3;1H/t7-,8-,9-,10-;/m0./s1. The van der Waals surface area contributed by atoms with E-state index in [4.69, 9.17) is 22.6 Å². The zero-order valence-corrected chi connectivity index (χ0v) is 11.7. The highest BCUT2D eigenvalue weighted by Crippen LogP contribution is 2.23. The van der Waals surface area contributed by atoms with Crippen LogP contribution in [0.25, 0.3) is 0 Å². The van der Waals surface area contributed by atoms with Crippen LogP contribution < -0.4 is 5.73 Å². The van der Waals surface area contributed by atoms with Crippen molar-refractivity contribution in [1.82, 2.24) is 4.90 Å². The van der Waals surface area contributed by atoms with Crippen molar-refractivity contribution < 1.29 is 4.79 Å². The summed E-state index contributed by atoms with van der Waals surface area (Å²) in [7, 11) is 0. The third-order valence-electron chi connectivity index (χ3n) is 3.22. The van der Waals surface area contributed by atoms with Crippen LogP contribution in [0, 0.1) is 17.2 Å². The number of hydrogen-bond acceptors (Lipinski definition) is 3. The minimum atomic E-state index is -0.525. The van der Waals surface area contributed by atoms with Gasteiger partial charge in [-0.15, -0.1) is 24.0 Å². The molecule has 1 heterocycles. The molecule has 17 heavy (non-hydrogen) atoms. The third kappa shape index (κ3) is 3.74. The van der Waals surface area contributed by atoms with Crippen molar-refractivity contribution in [3.63, 3.8) is 0 Å². The van der Waals surface area contributed by atoms with Gasteiger partial charge >= 0.3 is 0 Å².